The number of carbonyl (C=O) groups excluding carboxylic acids is 1. The molecule has 128 valence electrons. The number of anilines is 1. The van der Waals surface area contributed by atoms with Gasteiger partial charge < -0.3 is 5.32 Å². The predicted octanol–water partition coefficient (Wildman–Crippen LogP) is 2.43. The summed E-state index contributed by atoms with van der Waals surface area (Å²) >= 11 is 0. The SMILES string of the molecule is Cc1nc(-n2nc(C3CC3)cc2NC(=O)C(C)(C)C)[nH]c(=O)c1C. The Hall–Kier alpha value is -2.44. The molecule has 0 bridgehead atoms. The van der Waals surface area contributed by atoms with Crippen LogP contribution in [-0.2, 0) is 4.79 Å². The van der Waals surface area contributed by atoms with Crippen molar-refractivity contribution >= 4 is 11.7 Å². The quantitative estimate of drug-likeness (QED) is 0.904. The molecule has 1 amide bonds. The van der Waals surface area contributed by atoms with Crippen LogP contribution in [0.5, 0.6) is 0 Å². The zero-order valence-corrected chi connectivity index (χ0v) is 14.7. The van der Waals surface area contributed by atoms with Crippen LogP contribution < -0.4 is 10.9 Å². The summed E-state index contributed by atoms with van der Waals surface area (Å²) in [6.45, 7) is 9.06. The van der Waals surface area contributed by atoms with Gasteiger partial charge in [0, 0.05) is 28.7 Å². The maximum Gasteiger partial charge on any atom is 0.255 e. The Labute approximate surface area is 140 Å². The molecule has 24 heavy (non-hydrogen) atoms. The molecular formula is C17H23N5O2. The highest BCUT2D eigenvalue weighted by atomic mass is 16.2. The second-order valence-electron chi connectivity index (χ2n) is 7.44. The van der Waals surface area contributed by atoms with E-state index in [2.05, 4.69) is 20.4 Å². The highest BCUT2D eigenvalue weighted by molar-refractivity contribution is 5.94. The van der Waals surface area contributed by atoms with Gasteiger partial charge in [0.15, 0.2) is 0 Å². The topological polar surface area (TPSA) is 92.7 Å². The lowest BCUT2D eigenvalue weighted by Crippen LogP contribution is -2.29. The molecule has 0 radical (unpaired) electrons. The minimum Gasteiger partial charge on any atom is -0.310 e. The van der Waals surface area contributed by atoms with Gasteiger partial charge in [-0.1, -0.05) is 20.8 Å². The van der Waals surface area contributed by atoms with Gasteiger partial charge in [-0.2, -0.15) is 9.78 Å². The number of hydrogen-bond acceptors (Lipinski definition) is 4. The zero-order chi connectivity index (χ0) is 17.6. The third kappa shape index (κ3) is 3.11. The second kappa shape index (κ2) is 5.58. The Morgan fingerprint density at radius 2 is 2.00 bits per heavy atom. The number of aryl methyl sites for hydroxylation is 1. The van der Waals surface area contributed by atoms with Gasteiger partial charge in [0.25, 0.3) is 5.56 Å². The molecule has 3 rings (SSSR count). The Bertz CT molecular complexity index is 853. The number of hydrogen-bond donors (Lipinski definition) is 2. The van der Waals surface area contributed by atoms with E-state index in [0.29, 0.717) is 28.9 Å². The fourth-order valence-corrected chi connectivity index (χ4v) is 2.26. The van der Waals surface area contributed by atoms with Crippen LogP contribution in [0.3, 0.4) is 0 Å². The molecule has 7 nitrogen and oxygen atoms in total. The van der Waals surface area contributed by atoms with Gasteiger partial charge in [-0.25, -0.2) is 4.98 Å². The molecule has 0 saturated heterocycles. The largest absolute Gasteiger partial charge is 0.310 e. The van der Waals surface area contributed by atoms with E-state index in [-0.39, 0.29) is 11.5 Å². The molecule has 2 heterocycles. The Morgan fingerprint density at radius 3 is 2.54 bits per heavy atom. The van der Waals surface area contributed by atoms with Crippen LogP contribution in [0.4, 0.5) is 5.82 Å². The summed E-state index contributed by atoms with van der Waals surface area (Å²) in [5, 5.41) is 7.46. The number of H-pyrrole nitrogens is 1. The maximum atomic E-state index is 12.4. The van der Waals surface area contributed by atoms with E-state index < -0.39 is 5.41 Å². The number of rotatable bonds is 3. The van der Waals surface area contributed by atoms with Crippen molar-refractivity contribution in [2.45, 2.75) is 53.4 Å². The molecule has 2 aromatic heterocycles. The van der Waals surface area contributed by atoms with Crippen LogP contribution in [0, 0.1) is 19.3 Å². The molecule has 2 N–H and O–H groups in total. The van der Waals surface area contributed by atoms with Crippen LogP contribution in [0.15, 0.2) is 10.9 Å². The zero-order valence-electron chi connectivity index (χ0n) is 14.7. The lowest BCUT2D eigenvalue weighted by atomic mass is 9.96. The van der Waals surface area contributed by atoms with Gasteiger partial charge in [-0.3, -0.25) is 14.6 Å². The normalized spacial score (nSPS) is 14.7. The fraction of sp³-hybridized carbons (Fsp3) is 0.529. The first-order valence-electron chi connectivity index (χ1n) is 8.16. The van der Waals surface area contributed by atoms with Crippen molar-refractivity contribution in [3.8, 4) is 5.95 Å². The van der Waals surface area contributed by atoms with Crippen LogP contribution in [0.2, 0.25) is 0 Å². The molecule has 0 aliphatic heterocycles. The van der Waals surface area contributed by atoms with Crippen molar-refractivity contribution in [2.24, 2.45) is 5.41 Å². The molecule has 0 unspecified atom stereocenters. The number of aromatic nitrogens is 4. The van der Waals surface area contributed by atoms with E-state index in [1.165, 1.54) is 4.68 Å². The summed E-state index contributed by atoms with van der Waals surface area (Å²) < 4.78 is 1.52. The first kappa shape index (κ1) is 16.4. The van der Waals surface area contributed by atoms with E-state index in [4.69, 9.17) is 0 Å². The van der Waals surface area contributed by atoms with Gasteiger partial charge in [0.2, 0.25) is 11.9 Å². The van der Waals surface area contributed by atoms with Gasteiger partial charge >= 0.3 is 0 Å². The molecule has 0 atom stereocenters. The average molecular weight is 329 g/mol. The van der Waals surface area contributed by atoms with Crippen LogP contribution in [0.1, 0.15) is 56.5 Å². The van der Waals surface area contributed by atoms with Gasteiger partial charge in [-0.15, -0.1) is 0 Å². The second-order valence-corrected chi connectivity index (χ2v) is 7.44. The van der Waals surface area contributed by atoms with E-state index in [0.717, 1.165) is 18.5 Å². The van der Waals surface area contributed by atoms with Crippen LogP contribution in [-0.4, -0.2) is 25.7 Å². The van der Waals surface area contributed by atoms with Crippen LogP contribution >= 0.6 is 0 Å². The summed E-state index contributed by atoms with van der Waals surface area (Å²) in [7, 11) is 0. The van der Waals surface area contributed by atoms with E-state index in [1.807, 2.05) is 26.8 Å². The summed E-state index contributed by atoms with van der Waals surface area (Å²) in [4.78, 5) is 31.6. The maximum absolute atomic E-state index is 12.4. The van der Waals surface area contributed by atoms with E-state index in [1.54, 1.807) is 13.8 Å². The van der Waals surface area contributed by atoms with E-state index >= 15 is 0 Å². The smallest absolute Gasteiger partial charge is 0.255 e. The van der Waals surface area contributed by atoms with Crippen LogP contribution in [0.25, 0.3) is 5.95 Å². The first-order valence-corrected chi connectivity index (χ1v) is 8.16. The third-order valence-corrected chi connectivity index (χ3v) is 4.23. The van der Waals surface area contributed by atoms with Gasteiger partial charge in [0.1, 0.15) is 5.82 Å². The molecule has 0 aromatic carbocycles. The molecule has 1 aliphatic carbocycles. The van der Waals surface area contributed by atoms with Crippen molar-refractivity contribution in [3.63, 3.8) is 0 Å². The molecule has 1 saturated carbocycles. The predicted molar refractivity (Wildman–Crippen MR) is 91.5 cm³/mol. The average Bonchev–Trinajstić information content (AvgIpc) is 3.25. The Kier molecular flexibility index (Phi) is 3.81. The fourth-order valence-electron chi connectivity index (χ4n) is 2.26. The molecule has 1 aliphatic rings. The van der Waals surface area contributed by atoms with E-state index in [9.17, 15) is 9.59 Å². The number of carbonyl (C=O) groups is 1. The highest BCUT2D eigenvalue weighted by Crippen LogP contribution is 2.40. The number of amides is 1. The summed E-state index contributed by atoms with van der Waals surface area (Å²) in [6, 6.07) is 1.87. The number of aromatic amines is 1. The van der Waals surface area contributed by atoms with Crippen molar-refractivity contribution in [3.05, 3.63) is 33.4 Å². The monoisotopic (exact) mass is 329 g/mol. The summed E-state index contributed by atoms with van der Waals surface area (Å²) in [6.07, 6.45) is 2.20. The molecular weight excluding hydrogens is 306 g/mol. The molecule has 1 fully saturated rings. The lowest BCUT2D eigenvalue weighted by Gasteiger charge is -2.18. The number of nitrogens with zero attached hydrogens (tertiary/aromatic N) is 3. The molecule has 2 aromatic rings. The summed E-state index contributed by atoms with van der Waals surface area (Å²) in [5.41, 5.74) is 1.41. The lowest BCUT2D eigenvalue weighted by molar-refractivity contribution is -0.123. The minimum absolute atomic E-state index is 0.114. The minimum atomic E-state index is -0.529. The Morgan fingerprint density at radius 1 is 1.33 bits per heavy atom. The van der Waals surface area contributed by atoms with Crippen molar-refractivity contribution in [1.82, 2.24) is 19.7 Å². The van der Waals surface area contributed by atoms with Gasteiger partial charge in [-0.05, 0) is 26.7 Å². The molecule has 7 heteroatoms. The molecule has 0 spiro atoms. The number of nitrogens with one attached hydrogen (secondary N) is 2. The summed E-state index contributed by atoms with van der Waals surface area (Å²) in [5.74, 6) is 1.16. The van der Waals surface area contributed by atoms with Gasteiger partial charge in [0.05, 0.1) is 5.69 Å². The van der Waals surface area contributed by atoms with Crippen molar-refractivity contribution in [1.29, 1.82) is 0 Å². The first-order chi connectivity index (χ1) is 11.2. The Balaban J connectivity index is 2.06. The standard InChI is InChI=1S/C17H23N5O2/c1-9-10(2)18-16(20-14(9)23)22-13(19-15(24)17(3,4)5)8-12(21-22)11-6-7-11/h8,11H,6-7H2,1-5H3,(H,19,24)(H,18,20,23). The van der Waals surface area contributed by atoms with Crippen molar-refractivity contribution in [2.75, 3.05) is 5.32 Å². The van der Waals surface area contributed by atoms with Crippen molar-refractivity contribution < 1.29 is 4.79 Å². The highest BCUT2D eigenvalue weighted by Gasteiger charge is 2.29. The third-order valence-electron chi connectivity index (χ3n) is 4.23.